The highest BCUT2D eigenvalue weighted by atomic mass is 16.5. The van der Waals surface area contributed by atoms with Crippen molar-refractivity contribution in [1.29, 1.82) is 0 Å². The molecule has 2 atom stereocenters. The van der Waals surface area contributed by atoms with Crippen LogP contribution in [-0.4, -0.2) is 24.0 Å². The molecule has 3 heteroatoms. The number of carbonyl (C=O) groups excluding carboxylic acids is 1. The predicted octanol–water partition coefficient (Wildman–Crippen LogP) is 4.15. The number of hydrogen-bond acceptors (Lipinski definition) is 2. The summed E-state index contributed by atoms with van der Waals surface area (Å²) in [5, 5.41) is 0. The molecule has 2 aromatic carbocycles. The maximum atomic E-state index is 13.9. The monoisotopic (exact) mass is 333 g/mol. The Labute approximate surface area is 148 Å². The lowest BCUT2D eigenvalue weighted by molar-refractivity contribution is -0.143. The summed E-state index contributed by atoms with van der Waals surface area (Å²) in [6.07, 6.45) is 3.74. The molecule has 128 valence electrons. The van der Waals surface area contributed by atoms with Crippen molar-refractivity contribution in [3.8, 4) is 0 Å². The molecule has 0 N–H and O–H groups in total. The van der Waals surface area contributed by atoms with E-state index in [9.17, 15) is 4.79 Å². The summed E-state index contributed by atoms with van der Waals surface area (Å²) in [7, 11) is 0. The average molecular weight is 333 g/mol. The number of ether oxygens (including phenoxy) is 1. The third kappa shape index (κ3) is 2.12. The minimum Gasteiger partial charge on any atom is -0.381 e. The van der Waals surface area contributed by atoms with Crippen molar-refractivity contribution in [3.05, 3.63) is 71.3 Å². The fourth-order valence-corrected chi connectivity index (χ4v) is 5.17. The molecule has 0 aromatic heterocycles. The van der Waals surface area contributed by atoms with E-state index in [2.05, 4.69) is 41.3 Å². The van der Waals surface area contributed by atoms with Crippen LogP contribution in [0.25, 0.3) is 0 Å². The Morgan fingerprint density at radius 3 is 2.04 bits per heavy atom. The minimum atomic E-state index is -0.428. The van der Waals surface area contributed by atoms with Crippen molar-refractivity contribution in [2.75, 3.05) is 13.2 Å². The Morgan fingerprint density at radius 1 is 0.880 bits per heavy atom. The van der Waals surface area contributed by atoms with Crippen LogP contribution in [0.5, 0.6) is 0 Å². The van der Waals surface area contributed by atoms with E-state index in [-0.39, 0.29) is 12.1 Å². The lowest BCUT2D eigenvalue weighted by atomic mass is 9.73. The highest BCUT2D eigenvalue weighted by Crippen LogP contribution is 2.55. The van der Waals surface area contributed by atoms with E-state index in [1.165, 1.54) is 11.1 Å². The number of amides is 1. The Bertz CT molecular complexity index is 764. The Hall–Kier alpha value is -2.13. The van der Waals surface area contributed by atoms with Crippen molar-refractivity contribution in [2.45, 2.75) is 43.2 Å². The second-order valence-corrected chi connectivity index (χ2v) is 7.51. The van der Waals surface area contributed by atoms with Gasteiger partial charge in [0.2, 0.25) is 5.91 Å². The molecule has 0 spiro atoms. The van der Waals surface area contributed by atoms with Gasteiger partial charge in [-0.3, -0.25) is 4.79 Å². The zero-order chi connectivity index (χ0) is 16.9. The van der Waals surface area contributed by atoms with Crippen molar-refractivity contribution in [3.63, 3.8) is 0 Å². The molecule has 25 heavy (non-hydrogen) atoms. The van der Waals surface area contributed by atoms with Gasteiger partial charge in [0, 0.05) is 13.2 Å². The van der Waals surface area contributed by atoms with Crippen molar-refractivity contribution < 1.29 is 9.53 Å². The molecule has 5 rings (SSSR count). The van der Waals surface area contributed by atoms with Crippen LogP contribution < -0.4 is 0 Å². The van der Waals surface area contributed by atoms with Crippen molar-refractivity contribution in [2.24, 2.45) is 0 Å². The van der Waals surface area contributed by atoms with E-state index in [4.69, 9.17) is 4.74 Å². The number of hydrogen-bond donors (Lipinski definition) is 0. The molecule has 2 saturated heterocycles. The molecule has 1 amide bonds. The second kappa shape index (κ2) is 5.70. The van der Waals surface area contributed by atoms with Gasteiger partial charge in [0.15, 0.2) is 0 Å². The summed E-state index contributed by atoms with van der Waals surface area (Å²) >= 11 is 0. The highest BCUT2D eigenvalue weighted by molar-refractivity contribution is 5.90. The molecule has 2 fully saturated rings. The first-order valence-electron chi connectivity index (χ1n) is 9.36. The average Bonchev–Trinajstić information content (AvgIpc) is 3.26. The van der Waals surface area contributed by atoms with E-state index >= 15 is 0 Å². The number of fused-ring (bicyclic) bond motifs is 5. The van der Waals surface area contributed by atoms with Crippen LogP contribution in [-0.2, 0) is 14.9 Å². The lowest BCUT2D eigenvalue weighted by Crippen LogP contribution is -2.49. The summed E-state index contributed by atoms with van der Waals surface area (Å²) in [4.78, 5) is 16.1. The van der Waals surface area contributed by atoms with Crippen LogP contribution in [0.4, 0.5) is 0 Å². The first-order chi connectivity index (χ1) is 12.3. The van der Waals surface area contributed by atoms with Gasteiger partial charge >= 0.3 is 0 Å². The van der Waals surface area contributed by atoms with E-state index in [1.54, 1.807) is 0 Å². The zero-order valence-electron chi connectivity index (χ0n) is 14.4. The normalized spacial score (nSPS) is 26.5. The van der Waals surface area contributed by atoms with Gasteiger partial charge in [0.1, 0.15) is 0 Å². The van der Waals surface area contributed by atoms with Crippen LogP contribution in [0.3, 0.4) is 0 Å². The smallest absolute Gasteiger partial charge is 0.234 e. The van der Waals surface area contributed by atoms with E-state index < -0.39 is 5.41 Å². The summed E-state index contributed by atoms with van der Waals surface area (Å²) in [5.41, 5.74) is 3.45. The maximum absolute atomic E-state index is 13.9. The van der Waals surface area contributed by atoms with Gasteiger partial charge in [0.25, 0.3) is 0 Å². The Morgan fingerprint density at radius 2 is 1.44 bits per heavy atom. The second-order valence-electron chi connectivity index (χ2n) is 7.51. The van der Waals surface area contributed by atoms with Gasteiger partial charge in [-0.2, -0.15) is 0 Å². The molecule has 3 aliphatic rings. The molecule has 3 nitrogen and oxygen atoms in total. The number of rotatable bonds is 2. The molecule has 0 aliphatic carbocycles. The molecule has 3 heterocycles. The van der Waals surface area contributed by atoms with Crippen molar-refractivity contribution in [1.82, 2.24) is 4.90 Å². The molecule has 3 aliphatic heterocycles. The maximum Gasteiger partial charge on any atom is 0.234 e. The van der Waals surface area contributed by atoms with Crippen LogP contribution in [0, 0.1) is 0 Å². The summed E-state index contributed by atoms with van der Waals surface area (Å²) in [6, 6.07) is 19.5. The van der Waals surface area contributed by atoms with Crippen LogP contribution in [0.2, 0.25) is 0 Å². The van der Waals surface area contributed by atoms with Crippen molar-refractivity contribution >= 4 is 5.91 Å². The predicted molar refractivity (Wildman–Crippen MR) is 96.2 cm³/mol. The topological polar surface area (TPSA) is 29.5 Å². The van der Waals surface area contributed by atoms with Gasteiger partial charge in [-0.05, 0) is 42.4 Å². The highest BCUT2D eigenvalue weighted by Gasteiger charge is 2.53. The summed E-state index contributed by atoms with van der Waals surface area (Å²) < 4.78 is 5.62. The molecular weight excluding hydrogens is 310 g/mol. The van der Waals surface area contributed by atoms with E-state index in [0.717, 1.165) is 31.2 Å². The van der Waals surface area contributed by atoms with Gasteiger partial charge in [-0.25, -0.2) is 0 Å². The summed E-state index contributed by atoms with van der Waals surface area (Å²) in [6.45, 7) is 1.33. The molecule has 2 aromatic rings. The van der Waals surface area contributed by atoms with E-state index in [0.29, 0.717) is 19.1 Å². The van der Waals surface area contributed by atoms with Crippen LogP contribution in [0.15, 0.2) is 54.6 Å². The molecule has 2 bridgehead atoms. The first-order valence-corrected chi connectivity index (χ1v) is 9.36. The molecule has 0 unspecified atom stereocenters. The summed E-state index contributed by atoms with van der Waals surface area (Å²) in [5.74, 6) is 0.311. The SMILES string of the molecule is O=C(N1[C@H]2CC[C@H]1c1ccccc12)C1(c2ccccc2)CCOCC1. The minimum absolute atomic E-state index is 0.261. The standard InChI is InChI=1S/C22H23NO2/c24-21(22(12-14-25-15-13-22)16-6-2-1-3-7-16)23-19-10-11-20(23)18-9-5-4-8-17(18)19/h1-9,19-20H,10-15H2/t19-,20-/m0/s1. The number of carbonyl (C=O) groups is 1. The third-order valence-corrected chi connectivity index (χ3v) is 6.42. The zero-order valence-corrected chi connectivity index (χ0v) is 14.4. The van der Waals surface area contributed by atoms with Gasteiger partial charge < -0.3 is 9.64 Å². The number of nitrogens with zero attached hydrogens (tertiary/aromatic N) is 1. The quantitative estimate of drug-likeness (QED) is 0.826. The lowest BCUT2D eigenvalue weighted by Gasteiger charge is -2.40. The molecule has 0 radical (unpaired) electrons. The third-order valence-electron chi connectivity index (χ3n) is 6.42. The van der Waals surface area contributed by atoms with Gasteiger partial charge in [-0.1, -0.05) is 54.6 Å². The first kappa shape index (κ1) is 15.2. The fourth-order valence-electron chi connectivity index (χ4n) is 5.17. The Balaban J connectivity index is 1.57. The largest absolute Gasteiger partial charge is 0.381 e. The fraction of sp³-hybridized carbons (Fsp3) is 0.409. The van der Waals surface area contributed by atoms with Crippen LogP contribution >= 0.6 is 0 Å². The van der Waals surface area contributed by atoms with Gasteiger partial charge in [-0.15, -0.1) is 0 Å². The number of benzene rings is 2. The van der Waals surface area contributed by atoms with Crippen LogP contribution in [0.1, 0.15) is 54.5 Å². The Kier molecular flexibility index (Phi) is 3.46. The molecule has 0 saturated carbocycles. The van der Waals surface area contributed by atoms with Gasteiger partial charge in [0.05, 0.1) is 17.5 Å². The van der Waals surface area contributed by atoms with E-state index in [1.807, 2.05) is 18.2 Å². The molecular formula is C22H23NO2.